The first kappa shape index (κ1) is 13.2. The van der Waals surface area contributed by atoms with Gasteiger partial charge in [-0.05, 0) is 6.92 Å². The lowest BCUT2D eigenvalue weighted by Gasteiger charge is -2.08. The number of hydrogen-bond donors (Lipinski definition) is 2. The average molecular weight is 221 g/mol. The number of hydrogen-bond acceptors (Lipinski definition) is 2. The summed E-state index contributed by atoms with van der Waals surface area (Å²) in [5.41, 5.74) is 0. The van der Waals surface area contributed by atoms with Crippen LogP contribution in [0, 0.1) is 5.92 Å². The topological polar surface area (TPSA) is 58.2 Å². The monoisotopic (exact) mass is 220 g/mol. The third kappa shape index (κ3) is 5.80. The zero-order valence-corrected chi connectivity index (χ0v) is 9.36. The summed E-state index contributed by atoms with van der Waals surface area (Å²) >= 11 is 5.50. The fraction of sp³-hybridized carbons (Fsp3) is 0.778. The molecule has 2 N–H and O–H groups in total. The van der Waals surface area contributed by atoms with E-state index in [4.69, 9.17) is 11.6 Å². The van der Waals surface area contributed by atoms with E-state index in [1.54, 1.807) is 6.92 Å². The highest BCUT2D eigenvalue weighted by atomic mass is 35.5. The van der Waals surface area contributed by atoms with E-state index in [0.717, 1.165) is 0 Å². The summed E-state index contributed by atoms with van der Waals surface area (Å²) in [6, 6.07) is 0. The van der Waals surface area contributed by atoms with Gasteiger partial charge in [-0.1, -0.05) is 6.92 Å². The molecule has 0 aromatic carbocycles. The molecule has 0 saturated heterocycles. The van der Waals surface area contributed by atoms with Gasteiger partial charge in [-0.25, -0.2) is 0 Å². The van der Waals surface area contributed by atoms with Gasteiger partial charge in [0.15, 0.2) is 0 Å². The highest BCUT2D eigenvalue weighted by molar-refractivity contribution is 6.19. The summed E-state index contributed by atoms with van der Waals surface area (Å²) in [6.07, 6.45) is 0.314. The summed E-state index contributed by atoms with van der Waals surface area (Å²) in [4.78, 5) is 22.2. The maximum atomic E-state index is 11.2. The molecule has 1 atom stereocenters. The van der Waals surface area contributed by atoms with Crippen LogP contribution in [-0.2, 0) is 9.59 Å². The smallest absolute Gasteiger partial charge is 0.224 e. The first-order valence-electron chi connectivity index (χ1n) is 4.72. The van der Waals surface area contributed by atoms with E-state index < -0.39 is 0 Å². The Bertz CT molecular complexity index is 197. The van der Waals surface area contributed by atoms with Gasteiger partial charge in [0.05, 0.1) is 0 Å². The molecule has 5 heteroatoms. The first-order chi connectivity index (χ1) is 6.61. The quantitative estimate of drug-likeness (QED) is 0.641. The predicted octanol–water partition coefficient (Wildman–Crippen LogP) is 0.504. The van der Waals surface area contributed by atoms with E-state index in [9.17, 15) is 9.59 Å². The minimum absolute atomic E-state index is 0.0497. The van der Waals surface area contributed by atoms with Crippen molar-refractivity contribution in [1.29, 1.82) is 0 Å². The number of halogens is 1. The van der Waals surface area contributed by atoms with Crippen molar-refractivity contribution in [2.24, 2.45) is 5.92 Å². The molecule has 0 aromatic heterocycles. The van der Waals surface area contributed by atoms with Crippen molar-refractivity contribution in [3.8, 4) is 0 Å². The van der Waals surface area contributed by atoms with Crippen LogP contribution in [-0.4, -0.2) is 30.8 Å². The van der Waals surface area contributed by atoms with E-state index in [2.05, 4.69) is 10.6 Å². The third-order valence-electron chi connectivity index (χ3n) is 1.70. The number of carbonyl (C=O) groups excluding carboxylic acids is 2. The second kappa shape index (κ2) is 7.62. The van der Waals surface area contributed by atoms with Crippen molar-refractivity contribution >= 4 is 23.4 Å². The summed E-state index contributed by atoms with van der Waals surface area (Å²) < 4.78 is 0. The van der Waals surface area contributed by atoms with Gasteiger partial charge in [-0.15, -0.1) is 11.6 Å². The fourth-order valence-corrected chi connectivity index (χ4v) is 0.969. The van der Waals surface area contributed by atoms with Crippen LogP contribution in [0.4, 0.5) is 0 Å². The van der Waals surface area contributed by atoms with Crippen molar-refractivity contribution in [2.75, 3.05) is 19.0 Å². The van der Waals surface area contributed by atoms with Gasteiger partial charge in [-0.3, -0.25) is 9.59 Å². The number of nitrogens with one attached hydrogen (secondary N) is 2. The molecule has 0 spiro atoms. The van der Waals surface area contributed by atoms with E-state index >= 15 is 0 Å². The van der Waals surface area contributed by atoms with E-state index in [0.29, 0.717) is 25.4 Å². The Morgan fingerprint density at radius 3 is 2.50 bits per heavy atom. The minimum atomic E-state index is -0.203. The lowest BCUT2D eigenvalue weighted by atomic mass is 10.2. The van der Waals surface area contributed by atoms with Gasteiger partial charge in [0.2, 0.25) is 11.8 Å². The molecule has 0 radical (unpaired) electrons. The molecule has 0 aromatic rings. The Kier molecular flexibility index (Phi) is 7.20. The number of carbonyl (C=O) groups is 2. The molecule has 1 unspecified atom stereocenters. The zero-order valence-electron chi connectivity index (χ0n) is 8.60. The largest absolute Gasteiger partial charge is 0.356 e. The van der Waals surface area contributed by atoms with Gasteiger partial charge in [0.25, 0.3) is 0 Å². The Labute approximate surface area is 89.4 Å². The molecule has 0 aliphatic rings. The van der Waals surface area contributed by atoms with Crippen LogP contribution in [0.25, 0.3) is 0 Å². The maximum Gasteiger partial charge on any atom is 0.224 e. The van der Waals surface area contributed by atoms with Crippen molar-refractivity contribution in [2.45, 2.75) is 20.3 Å². The molecule has 0 bridgehead atoms. The minimum Gasteiger partial charge on any atom is -0.356 e. The summed E-state index contributed by atoms with van der Waals surface area (Å²) in [5, 5.41) is 5.28. The zero-order chi connectivity index (χ0) is 11.0. The van der Waals surface area contributed by atoms with Gasteiger partial charge < -0.3 is 10.6 Å². The summed E-state index contributed by atoms with van der Waals surface area (Å²) in [7, 11) is 0. The normalized spacial score (nSPS) is 11.9. The Morgan fingerprint density at radius 2 is 2.00 bits per heavy atom. The molecule has 0 saturated carbocycles. The van der Waals surface area contributed by atoms with Gasteiger partial charge in [0.1, 0.15) is 0 Å². The van der Waals surface area contributed by atoms with E-state index in [1.165, 1.54) is 0 Å². The molecule has 82 valence electrons. The lowest BCUT2D eigenvalue weighted by Crippen LogP contribution is -2.34. The van der Waals surface area contributed by atoms with Crippen molar-refractivity contribution in [3.63, 3.8) is 0 Å². The fourth-order valence-electron chi connectivity index (χ4n) is 0.829. The van der Waals surface area contributed by atoms with Crippen LogP contribution in [0.3, 0.4) is 0 Å². The van der Waals surface area contributed by atoms with Crippen molar-refractivity contribution in [1.82, 2.24) is 10.6 Å². The van der Waals surface area contributed by atoms with E-state index in [1.807, 2.05) is 6.92 Å². The van der Waals surface area contributed by atoms with Crippen molar-refractivity contribution in [3.05, 3.63) is 0 Å². The van der Waals surface area contributed by atoms with Gasteiger partial charge in [-0.2, -0.15) is 0 Å². The lowest BCUT2D eigenvalue weighted by molar-refractivity contribution is -0.124. The van der Waals surface area contributed by atoms with Gasteiger partial charge in [0, 0.05) is 31.3 Å². The first-order valence-corrected chi connectivity index (χ1v) is 5.25. The van der Waals surface area contributed by atoms with Crippen LogP contribution < -0.4 is 10.6 Å². The summed E-state index contributed by atoms with van der Waals surface area (Å²) in [5.74, 6) is -0.0611. The number of amides is 2. The molecule has 2 amide bonds. The van der Waals surface area contributed by atoms with Crippen molar-refractivity contribution < 1.29 is 9.59 Å². The molecule has 0 aliphatic heterocycles. The van der Waals surface area contributed by atoms with E-state index in [-0.39, 0.29) is 17.7 Å². The maximum absolute atomic E-state index is 11.2. The molecular weight excluding hydrogens is 204 g/mol. The highest BCUT2D eigenvalue weighted by Crippen LogP contribution is 1.96. The molecule has 4 nitrogen and oxygen atoms in total. The Morgan fingerprint density at radius 1 is 1.36 bits per heavy atom. The molecule has 14 heavy (non-hydrogen) atoms. The molecule has 0 rings (SSSR count). The van der Waals surface area contributed by atoms with Crippen LogP contribution in [0.5, 0.6) is 0 Å². The summed E-state index contributed by atoms with van der Waals surface area (Å²) in [6.45, 7) is 4.58. The van der Waals surface area contributed by atoms with Crippen LogP contribution >= 0.6 is 11.6 Å². The standard InChI is InChI=1S/C9H17ClN2O2/c1-3-11-8(13)4-5-12-9(14)7(2)6-10/h7H,3-6H2,1-2H3,(H,11,13)(H,12,14). The SMILES string of the molecule is CCNC(=O)CCNC(=O)C(C)CCl. The molecule has 0 heterocycles. The second-order valence-electron chi connectivity index (χ2n) is 3.05. The molecule has 0 aliphatic carbocycles. The Balaban J connectivity index is 3.54. The highest BCUT2D eigenvalue weighted by Gasteiger charge is 2.10. The Hall–Kier alpha value is -0.770. The van der Waals surface area contributed by atoms with Crippen LogP contribution in [0.1, 0.15) is 20.3 Å². The van der Waals surface area contributed by atoms with Crippen LogP contribution in [0.2, 0.25) is 0 Å². The molecule has 0 fully saturated rings. The number of rotatable bonds is 6. The average Bonchev–Trinajstić information content (AvgIpc) is 2.16. The van der Waals surface area contributed by atoms with Gasteiger partial charge >= 0.3 is 0 Å². The molecular formula is C9H17ClN2O2. The third-order valence-corrected chi connectivity index (χ3v) is 2.17. The number of alkyl halides is 1. The second-order valence-corrected chi connectivity index (χ2v) is 3.36. The van der Waals surface area contributed by atoms with Crippen LogP contribution in [0.15, 0.2) is 0 Å². The predicted molar refractivity (Wildman–Crippen MR) is 56.2 cm³/mol.